The molecule has 1 aromatic heterocycles. The van der Waals surface area contributed by atoms with Crippen LogP contribution >= 0.6 is 55.1 Å². The molecule has 734 valence electrons. The number of carbonyl (C=O) groups excluding carboxylic acids is 1. The third kappa shape index (κ3) is 22.3. The first-order valence-corrected chi connectivity index (χ1v) is 53.5. The number of carbonyl (C=O) groups is 1. The zero-order valence-electron chi connectivity index (χ0n) is 85.4. The zero-order chi connectivity index (χ0) is 103. The summed E-state index contributed by atoms with van der Waals surface area (Å²) >= 11 is 10.3. The van der Waals surface area contributed by atoms with Gasteiger partial charge in [0, 0.05) is 75.0 Å². The van der Waals surface area contributed by atoms with Gasteiger partial charge in [-0.1, -0.05) is 451 Å². The number of phenols is 2. The van der Waals surface area contributed by atoms with Crippen LogP contribution in [0, 0.1) is 0 Å². The minimum absolute atomic E-state index is 0. The number of allylic oxidation sites excluding steroid dienone is 5. The summed E-state index contributed by atoms with van der Waals surface area (Å²) in [5, 5.41) is 66.2. The second kappa shape index (κ2) is 47.1. The molecule has 5 aliphatic carbocycles. The number of fused-ring (bicyclic) bond motifs is 20. The molecule has 0 spiro atoms. The van der Waals surface area contributed by atoms with Crippen LogP contribution in [0.3, 0.4) is 0 Å². The molecule has 0 atom stereocenters. The fourth-order valence-electron chi connectivity index (χ4n) is 22.0. The third-order valence-electron chi connectivity index (χ3n) is 28.8. The molecule has 0 bridgehead atoms. The second-order valence-corrected chi connectivity index (χ2v) is 46.0. The van der Waals surface area contributed by atoms with E-state index in [0.717, 1.165) is 62.4 Å². The van der Waals surface area contributed by atoms with E-state index in [-0.39, 0.29) is 84.8 Å². The first-order chi connectivity index (χ1) is 70.5. The van der Waals surface area contributed by atoms with Gasteiger partial charge in [-0.15, -0.1) is 0 Å². The molecule has 0 amide bonds. The molecule has 8 nitrogen and oxygen atoms in total. The second-order valence-electron chi connectivity index (χ2n) is 39.7. The van der Waals surface area contributed by atoms with E-state index >= 15 is 0 Å². The number of phenolic OH excluding ortho intramolecular Hbond substituents is 2. The number of furan rings is 1. The molecule has 20 aromatic rings. The summed E-state index contributed by atoms with van der Waals surface area (Å²) in [6.07, 6.45) is 11.1. The molecule has 5 N–H and O–H groups in total. The number of aliphatic hydroxyl groups excluding tert-OH is 1. The van der Waals surface area contributed by atoms with E-state index in [9.17, 15) is 9.90 Å². The molecule has 1 heterocycles. The van der Waals surface area contributed by atoms with Gasteiger partial charge in [-0.2, -0.15) is 7.11 Å². The van der Waals surface area contributed by atoms with E-state index < -0.39 is 14.4 Å². The molecule has 0 fully saturated rings. The van der Waals surface area contributed by atoms with Crippen LogP contribution in [-0.4, -0.2) is 59.2 Å². The number of rotatable bonds is 10. The van der Waals surface area contributed by atoms with Crippen molar-refractivity contribution in [2.24, 2.45) is 0 Å². The Morgan fingerprint density at radius 2 is 0.696 bits per heavy atom. The molecular formula is C133H117BBr4NaO8P. The first kappa shape index (κ1) is 110. The van der Waals surface area contributed by atoms with Gasteiger partial charge in [-0.3, -0.25) is 4.79 Å². The molecule has 25 rings (SSSR count). The van der Waals surface area contributed by atoms with E-state index in [1.165, 1.54) is 177 Å². The Morgan fingerprint density at radius 1 is 0.324 bits per heavy atom. The van der Waals surface area contributed by atoms with Crippen LogP contribution in [-0.2, 0) is 27.1 Å². The van der Waals surface area contributed by atoms with E-state index in [1.54, 1.807) is 30.3 Å². The van der Waals surface area contributed by atoms with E-state index in [0.29, 0.717) is 11.3 Å². The largest absolute Gasteiger partial charge is 1.00 e. The van der Waals surface area contributed by atoms with Crippen LogP contribution < -0.4 is 73.0 Å². The number of aromatic hydroxyl groups is 2. The third-order valence-corrected chi connectivity index (χ3v) is 34.7. The summed E-state index contributed by atoms with van der Waals surface area (Å²) < 4.78 is 9.34. The van der Waals surface area contributed by atoms with Crippen LogP contribution in [0.2, 0.25) is 0 Å². The minimum atomic E-state index is -1.88. The van der Waals surface area contributed by atoms with Crippen LogP contribution in [0.15, 0.2) is 455 Å². The van der Waals surface area contributed by atoms with Crippen molar-refractivity contribution >= 4 is 161 Å². The molecule has 15 heteroatoms. The Labute approximate surface area is 928 Å². The normalized spacial score (nSPS) is 13.7. The zero-order valence-corrected chi connectivity index (χ0v) is 94.7. The van der Waals surface area contributed by atoms with Crippen LogP contribution in [0.4, 0.5) is 0 Å². The molecule has 0 saturated heterocycles. The predicted octanol–water partition coefficient (Wildman–Crippen LogP) is 25.6. The van der Waals surface area contributed by atoms with Gasteiger partial charge in [-0.25, -0.2) is 0 Å². The van der Waals surface area contributed by atoms with Crippen LogP contribution in [0.25, 0.3) is 116 Å². The first-order valence-electron chi connectivity index (χ1n) is 49.1. The van der Waals surface area contributed by atoms with Crippen molar-refractivity contribution < 1.29 is 86.2 Å². The van der Waals surface area contributed by atoms with Crippen molar-refractivity contribution in [2.75, 3.05) is 20.4 Å². The van der Waals surface area contributed by atoms with Crippen LogP contribution in [0.5, 0.6) is 11.5 Å². The molecule has 0 saturated carbocycles. The Kier molecular flexibility index (Phi) is 34.9. The molecule has 0 unspecified atom stereocenters. The number of hydrogen-bond donors (Lipinski definition) is 5. The number of benzene rings is 19. The van der Waals surface area contributed by atoms with Crippen LogP contribution in [0.1, 0.15) is 141 Å². The maximum atomic E-state index is 10.3. The van der Waals surface area contributed by atoms with E-state index in [2.05, 4.69) is 475 Å². The number of aldehydes is 1. The van der Waals surface area contributed by atoms with Gasteiger partial charge >= 0.3 is 36.7 Å². The van der Waals surface area contributed by atoms with Gasteiger partial charge in [0.05, 0.1) is 6.16 Å². The summed E-state index contributed by atoms with van der Waals surface area (Å²) in [6, 6.07) is 146. The Hall–Kier alpha value is -12.5. The van der Waals surface area contributed by atoms with Gasteiger partial charge in [0.15, 0.2) is 0 Å². The smallest absolute Gasteiger partial charge is 1.00 e. The van der Waals surface area contributed by atoms with Crippen molar-refractivity contribution in [3.8, 4) is 56.0 Å². The Balaban J connectivity index is 0.000000132. The quantitative estimate of drug-likeness (QED) is 0.0515. The minimum Gasteiger partial charge on any atom is -1.00 e. The number of halogens is 4. The molecule has 0 radical (unpaired) electrons. The summed E-state index contributed by atoms with van der Waals surface area (Å²) in [5.74, 6) is 0.222. The predicted molar refractivity (Wildman–Crippen MR) is 626 cm³/mol. The molecule has 0 aliphatic heterocycles. The van der Waals surface area contributed by atoms with Crippen molar-refractivity contribution in [3.63, 3.8) is 0 Å². The van der Waals surface area contributed by atoms with Crippen molar-refractivity contribution in [2.45, 2.75) is 96.3 Å². The summed E-state index contributed by atoms with van der Waals surface area (Å²) in [4.78, 5) is 10.1. The molecule has 148 heavy (non-hydrogen) atoms. The molecule has 19 aromatic carbocycles. The number of aliphatic hydroxyl groups is 1. The average Bonchev–Trinajstić information content (AvgIpc) is 1.56. The molecular weight excluding hydrogens is 2110 g/mol. The SMILES string of the molecule is CC1(C)C=C(/C=C\c2ccc(Br)cc2)c2ccccc21.CC1(C)C=C(C[P+](c2ccccc2)(c2ccccc2)c2ccccc2)c2ccccc21.CC1(C)c2ccccc2-c2ccc3cc4oc5ccccc5c4cc3c21.CC1(C)c2ccccc2-c2ccc3ccc(-c4ccccc4O)cc3c21.CC1(C)c2ccccc2-c2ccc3ccc(Br)cc3c21.CO.C[O-].O=Cc1ccc(Br)cc1.OB(O)c1ccccc1O.[Br-].[Na+]. The van der Waals surface area contributed by atoms with E-state index in [1.807, 2.05) is 42.5 Å². The maximum Gasteiger partial charge on any atom is 1.00 e. The van der Waals surface area contributed by atoms with Crippen molar-refractivity contribution in [3.05, 3.63) is 517 Å². The topological polar surface area (TPSA) is 154 Å². The fourth-order valence-corrected chi connectivity index (χ4v) is 27.1. The summed E-state index contributed by atoms with van der Waals surface area (Å²) in [5.41, 5.74) is 31.2. The van der Waals surface area contributed by atoms with Gasteiger partial charge in [0.25, 0.3) is 0 Å². The summed E-state index contributed by atoms with van der Waals surface area (Å²) in [6.45, 7) is 23.2. The van der Waals surface area contributed by atoms with E-state index in [4.69, 9.17) is 29.8 Å². The van der Waals surface area contributed by atoms with Gasteiger partial charge < -0.3 is 51.9 Å². The fraction of sp³-hybridized carbons (Fsp3) is 0.135. The number of para-hydroxylation sites is 3. The monoisotopic (exact) mass is 2220 g/mol. The Morgan fingerprint density at radius 3 is 1.17 bits per heavy atom. The van der Waals surface area contributed by atoms with Gasteiger partial charge in [0.2, 0.25) is 0 Å². The van der Waals surface area contributed by atoms with Gasteiger partial charge in [-0.05, 0) is 253 Å². The number of hydrogen-bond acceptors (Lipinski definition) is 8. The van der Waals surface area contributed by atoms with Gasteiger partial charge in [0.1, 0.15) is 52.1 Å². The maximum absolute atomic E-state index is 10.3. The standard InChI is InChI=1S/C30H28P.C25H18O.C25H20O.C19H15Br.C19H17Br.C7H5BrO.C6H7BO3.CH4O.CH3O.BrH.Na/c1-30(2)22-24(28-20-12-13-21-29(28)30)23-31(25-14-6-3-7-15-25,26-16-8-4-9-17-26)27-18-10-5-11-19-27;1-25(2)21-9-5-3-7-16(21)18-12-11-15-13-23-20(14-19(15)24(18)25)17-8-4-6-10-22(17)26-23;1-25(2)22-9-5-3-8-19(22)20-14-13-16-11-12-17(15-21(16)24(20)25)18-7-4-6-10-23(18)26;1-19(2)17-6-4-3-5-14(17)15-10-8-12-7-9-13(20)11-16(12)18(15)19;1-19(2)13-15(17-5-3-4-6-18(17)19)10-7-14-8-11-16(20)12-9-14;8-7-3-1-6(5-9)2-4-7;8-6-4-2-1-3-5(6)7(9)10;2*1-2;;/h3-22H,23H2,1-2H3;3-14H,1-2H3;3-15,26H,1-2H3;3-11H,1-2H3;3-13H,1-2H3;1-5H;1-4,8-10H;2H,1H3;1H3;1H;/q+1;;;;;;;;-1;;+1/p-1/b;;;;10-7-;;;;;;. The molecule has 5 aliphatic rings. The summed E-state index contributed by atoms with van der Waals surface area (Å²) in [7, 11) is -1.73. The Bertz CT molecular complexity index is 8180. The van der Waals surface area contributed by atoms with Crippen molar-refractivity contribution in [1.82, 2.24) is 0 Å². The average molecular weight is 2230 g/mol. The van der Waals surface area contributed by atoms with Crippen molar-refractivity contribution in [1.29, 1.82) is 0 Å².